The third-order valence-electron chi connectivity index (χ3n) is 2.80. The summed E-state index contributed by atoms with van der Waals surface area (Å²) in [5.41, 5.74) is 10.1. The van der Waals surface area contributed by atoms with E-state index in [0.29, 0.717) is 0 Å². The van der Waals surface area contributed by atoms with Crippen LogP contribution in [0.4, 0.5) is 5.69 Å². The van der Waals surface area contributed by atoms with E-state index in [-0.39, 0.29) is 0 Å². The third kappa shape index (κ3) is 2.22. The minimum Gasteiger partial charge on any atom is -0.398 e. The zero-order chi connectivity index (χ0) is 13.4. The second-order valence-electron chi connectivity index (χ2n) is 4.34. The molecule has 5 nitrogen and oxygen atoms in total. The molecule has 3 aromatic heterocycles. The third-order valence-corrected chi connectivity index (χ3v) is 3.77. The highest BCUT2D eigenvalue weighted by Gasteiger charge is 2.10. The minimum absolute atomic E-state index is 0.754. The average Bonchev–Trinajstić information content (AvgIpc) is 2.96. The summed E-state index contributed by atoms with van der Waals surface area (Å²) in [6.07, 6.45) is 5.46. The predicted molar refractivity (Wildman–Crippen MR) is 76.7 cm³/mol. The molecule has 0 amide bonds. The quantitative estimate of drug-likeness (QED) is 0.777. The maximum atomic E-state index is 5.74. The van der Waals surface area contributed by atoms with Gasteiger partial charge in [0.05, 0.1) is 34.4 Å². The highest BCUT2D eigenvalue weighted by Crippen LogP contribution is 2.28. The molecular weight excluding hydrogens is 258 g/mol. The summed E-state index contributed by atoms with van der Waals surface area (Å²) in [5.74, 6) is 0. The molecule has 6 heteroatoms. The van der Waals surface area contributed by atoms with E-state index in [1.54, 1.807) is 28.4 Å². The number of nitrogens with zero attached hydrogens (tertiary/aromatic N) is 4. The van der Waals surface area contributed by atoms with Crippen LogP contribution in [0.3, 0.4) is 0 Å². The van der Waals surface area contributed by atoms with Crippen LogP contribution in [0.1, 0.15) is 5.69 Å². The lowest BCUT2D eigenvalue weighted by Gasteiger charge is -2.01. The second-order valence-corrected chi connectivity index (χ2v) is 5.25. The Morgan fingerprint density at radius 1 is 1.26 bits per heavy atom. The first-order chi connectivity index (χ1) is 9.13. The Kier molecular flexibility index (Phi) is 2.79. The molecule has 19 heavy (non-hydrogen) atoms. The van der Waals surface area contributed by atoms with Gasteiger partial charge in [-0.1, -0.05) is 0 Å². The monoisotopic (exact) mass is 271 g/mol. The topological polar surface area (TPSA) is 69.6 Å². The molecule has 0 unspecified atom stereocenters. The van der Waals surface area contributed by atoms with Gasteiger partial charge in [-0.15, -0.1) is 11.3 Å². The molecule has 0 aromatic carbocycles. The molecule has 0 bridgehead atoms. The van der Waals surface area contributed by atoms with Gasteiger partial charge in [0, 0.05) is 29.9 Å². The van der Waals surface area contributed by atoms with Crippen LogP contribution in [0, 0.1) is 6.92 Å². The van der Waals surface area contributed by atoms with Crippen LogP contribution in [0.5, 0.6) is 0 Å². The molecule has 0 atom stereocenters. The summed E-state index contributed by atoms with van der Waals surface area (Å²) in [4.78, 5) is 9.92. The summed E-state index contributed by atoms with van der Waals surface area (Å²) in [6, 6.07) is 1.91. The summed E-state index contributed by atoms with van der Waals surface area (Å²) < 4.78 is 1.78. The summed E-state index contributed by atoms with van der Waals surface area (Å²) in [7, 11) is 1.90. The Bertz CT molecular complexity index is 728. The van der Waals surface area contributed by atoms with Crippen LogP contribution in [-0.2, 0) is 7.05 Å². The van der Waals surface area contributed by atoms with Crippen molar-refractivity contribution in [3.8, 4) is 21.8 Å². The second kappa shape index (κ2) is 4.47. The van der Waals surface area contributed by atoms with E-state index in [1.165, 1.54) is 0 Å². The number of rotatable bonds is 2. The van der Waals surface area contributed by atoms with Gasteiger partial charge >= 0.3 is 0 Å². The molecule has 0 saturated heterocycles. The van der Waals surface area contributed by atoms with Gasteiger partial charge in [0.15, 0.2) is 0 Å². The lowest BCUT2D eigenvalue weighted by molar-refractivity contribution is 0.756. The Hall–Kier alpha value is -2.21. The Morgan fingerprint density at radius 2 is 2.05 bits per heavy atom. The fourth-order valence-corrected chi connectivity index (χ4v) is 2.71. The van der Waals surface area contributed by atoms with Crippen LogP contribution in [0.15, 0.2) is 30.0 Å². The zero-order valence-electron chi connectivity index (χ0n) is 10.7. The lowest BCUT2D eigenvalue weighted by Crippen LogP contribution is -1.89. The SMILES string of the molecule is Cc1nn(C)cc1-c1cncc(-c2cc(N)cs2)n1. The predicted octanol–water partition coefficient (Wildman–Crippen LogP) is 2.50. The molecule has 3 heterocycles. The molecule has 0 fully saturated rings. The van der Waals surface area contributed by atoms with E-state index < -0.39 is 0 Å². The van der Waals surface area contributed by atoms with E-state index in [2.05, 4.69) is 15.1 Å². The van der Waals surface area contributed by atoms with E-state index in [0.717, 1.165) is 33.2 Å². The molecule has 96 valence electrons. The number of hydrogen-bond donors (Lipinski definition) is 1. The molecule has 0 aliphatic carbocycles. The van der Waals surface area contributed by atoms with Crippen LogP contribution < -0.4 is 5.73 Å². The van der Waals surface area contributed by atoms with Gasteiger partial charge in [-0.05, 0) is 13.0 Å². The highest BCUT2D eigenvalue weighted by molar-refractivity contribution is 7.14. The summed E-state index contributed by atoms with van der Waals surface area (Å²) in [5, 5.41) is 6.23. The Morgan fingerprint density at radius 3 is 2.68 bits per heavy atom. The van der Waals surface area contributed by atoms with Crippen molar-refractivity contribution >= 4 is 17.0 Å². The molecule has 0 saturated carbocycles. The van der Waals surface area contributed by atoms with Crippen molar-refractivity contribution in [3.05, 3.63) is 35.7 Å². The van der Waals surface area contributed by atoms with Gasteiger partial charge in [0.1, 0.15) is 0 Å². The normalized spacial score (nSPS) is 10.8. The smallest absolute Gasteiger partial charge is 0.0993 e. The average molecular weight is 271 g/mol. The van der Waals surface area contributed by atoms with Crippen LogP contribution >= 0.6 is 11.3 Å². The first-order valence-corrected chi connectivity index (χ1v) is 6.68. The van der Waals surface area contributed by atoms with Crippen molar-refractivity contribution in [2.75, 3.05) is 5.73 Å². The molecular formula is C13H13N5S. The van der Waals surface area contributed by atoms with Crippen LogP contribution in [-0.4, -0.2) is 19.7 Å². The highest BCUT2D eigenvalue weighted by atomic mass is 32.1. The number of nitrogens with two attached hydrogens (primary N) is 1. The van der Waals surface area contributed by atoms with E-state index >= 15 is 0 Å². The molecule has 2 N–H and O–H groups in total. The van der Waals surface area contributed by atoms with Gasteiger partial charge in [-0.3, -0.25) is 9.67 Å². The van der Waals surface area contributed by atoms with Gasteiger partial charge in [-0.25, -0.2) is 4.98 Å². The number of aromatic nitrogens is 4. The van der Waals surface area contributed by atoms with Crippen LogP contribution in [0.25, 0.3) is 21.8 Å². The van der Waals surface area contributed by atoms with Crippen LogP contribution in [0.2, 0.25) is 0 Å². The van der Waals surface area contributed by atoms with E-state index in [4.69, 9.17) is 5.73 Å². The number of thiophene rings is 1. The number of aryl methyl sites for hydroxylation is 2. The molecule has 0 radical (unpaired) electrons. The van der Waals surface area contributed by atoms with Gasteiger partial charge in [-0.2, -0.15) is 5.10 Å². The van der Waals surface area contributed by atoms with E-state index in [9.17, 15) is 0 Å². The first-order valence-electron chi connectivity index (χ1n) is 5.80. The maximum Gasteiger partial charge on any atom is 0.0993 e. The standard InChI is InChI=1S/C13H13N5S/c1-8-10(6-18(2)17-8)11-4-15-5-12(16-11)13-3-9(14)7-19-13/h3-7H,14H2,1-2H3. The fourth-order valence-electron chi connectivity index (χ4n) is 1.95. The molecule has 0 aliphatic rings. The molecule has 0 aliphatic heterocycles. The zero-order valence-corrected chi connectivity index (χ0v) is 11.5. The Labute approximate surface area is 114 Å². The molecule has 0 spiro atoms. The first kappa shape index (κ1) is 11.9. The Balaban J connectivity index is 2.07. The van der Waals surface area contributed by atoms with Crippen molar-refractivity contribution in [3.63, 3.8) is 0 Å². The van der Waals surface area contributed by atoms with E-state index in [1.807, 2.05) is 31.6 Å². The van der Waals surface area contributed by atoms with Crippen molar-refractivity contribution in [1.82, 2.24) is 19.7 Å². The van der Waals surface area contributed by atoms with Crippen molar-refractivity contribution in [2.45, 2.75) is 6.92 Å². The fraction of sp³-hybridized carbons (Fsp3) is 0.154. The lowest BCUT2D eigenvalue weighted by atomic mass is 10.2. The minimum atomic E-state index is 0.754. The van der Waals surface area contributed by atoms with Gasteiger partial charge in [0.25, 0.3) is 0 Å². The summed E-state index contributed by atoms with van der Waals surface area (Å²) >= 11 is 1.57. The van der Waals surface area contributed by atoms with Crippen molar-refractivity contribution < 1.29 is 0 Å². The largest absolute Gasteiger partial charge is 0.398 e. The van der Waals surface area contributed by atoms with Gasteiger partial charge in [0.2, 0.25) is 0 Å². The van der Waals surface area contributed by atoms with Crippen molar-refractivity contribution in [2.24, 2.45) is 7.05 Å². The summed E-state index contributed by atoms with van der Waals surface area (Å²) in [6.45, 7) is 1.97. The number of nitrogen functional groups attached to an aromatic ring is 1. The maximum absolute atomic E-state index is 5.74. The molecule has 3 aromatic rings. The number of anilines is 1. The number of hydrogen-bond acceptors (Lipinski definition) is 5. The molecule has 3 rings (SSSR count). The van der Waals surface area contributed by atoms with Crippen molar-refractivity contribution in [1.29, 1.82) is 0 Å². The van der Waals surface area contributed by atoms with Gasteiger partial charge < -0.3 is 5.73 Å².